The average molecular weight is 646 g/mol. The zero-order valence-corrected chi connectivity index (χ0v) is 21.3. The molecule has 213 valence electrons. The molecule has 0 heterocycles. The molecule has 0 aliphatic rings. The third-order valence-electron chi connectivity index (χ3n) is 4.54. The van der Waals surface area contributed by atoms with Gasteiger partial charge in [0.1, 0.15) is 37.4 Å². The molecule has 0 bridgehead atoms. The molecule has 0 unspecified atom stereocenters. The summed E-state index contributed by atoms with van der Waals surface area (Å²) in [6.07, 6.45) is 0. The van der Waals surface area contributed by atoms with E-state index in [0.717, 1.165) is 24.3 Å². The molecule has 0 atom stereocenters. The van der Waals surface area contributed by atoms with Crippen LogP contribution in [-0.4, -0.2) is 40.9 Å². The molecule has 0 aromatic heterocycles. The van der Waals surface area contributed by atoms with Crippen LogP contribution in [0.5, 0.6) is 17.2 Å². The van der Waals surface area contributed by atoms with Crippen LogP contribution in [-0.2, 0) is 37.3 Å². The van der Waals surface area contributed by atoms with Crippen LogP contribution in [0.3, 0.4) is 0 Å². The normalized spacial score (nSPS) is 11.9. The number of rotatable bonds is 8. The zero-order chi connectivity index (χ0) is 29.3. The Bertz CT molecular complexity index is 1820. The molecule has 3 rings (SSSR count). The van der Waals surface area contributed by atoms with E-state index in [4.69, 9.17) is 0 Å². The Balaban J connectivity index is 0.00000560. The molecule has 40 heavy (non-hydrogen) atoms. The second-order valence-corrected chi connectivity index (χ2v) is 9.74. The van der Waals surface area contributed by atoms with Crippen LogP contribution in [0.25, 0.3) is 0 Å². The van der Waals surface area contributed by atoms with Crippen LogP contribution >= 0.6 is 0 Å². The summed E-state index contributed by atoms with van der Waals surface area (Å²) in [6, 6.07) is 4.24. The quantitative estimate of drug-likeness (QED) is 0.121. The van der Waals surface area contributed by atoms with Gasteiger partial charge >= 0.3 is 19.9 Å². The van der Waals surface area contributed by atoms with Crippen LogP contribution < -0.4 is 10.2 Å². The molecular weight excluding hydrogens is 636 g/mol. The van der Waals surface area contributed by atoms with Gasteiger partial charge in [-0.15, -0.1) is 10.2 Å². The van der Waals surface area contributed by atoms with Gasteiger partial charge in [0.25, 0.3) is 11.4 Å². The third-order valence-corrected chi connectivity index (χ3v) is 6.24. The molecule has 0 aliphatic heterocycles. The number of non-ortho nitro benzene ring substituents is 2. The largest absolute Gasteiger partial charge is 2.00 e. The van der Waals surface area contributed by atoms with Crippen molar-refractivity contribution in [2.24, 2.45) is 20.5 Å². The van der Waals surface area contributed by atoms with E-state index in [0.29, 0.717) is 12.1 Å². The molecule has 0 saturated carbocycles. The summed E-state index contributed by atoms with van der Waals surface area (Å²) in [4.78, 5) is 17.1. The fraction of sp³-hybridized carbons (Fsp3) is 0. The second kappa shape index (κ2) is 11.6. The van der Waals surface area contributed by atoms with Crippen molar-refractivity contribution in [3.05, 3.63) is 62.7 Å². The van der Waals surface area contributed by atoms with Crippen LogP contribution in [0, 0.1) is 20.2 Å². The fourth-order valence-corrected chi connectivity index (χ4v) is 4.00. The minimum Gasteiger partial charge on any atom is -0.870 e. The molecular formula is C18H10CuN6O13S2. The molecule has 3 aromatic rings. The molecule has 0 saturated heterocycles. The van der Waals surface area contributed by atoms with Gasteiger partial charge in [-0.05, 0) is 23.9 Å². The van der Waals surface area contributed by atoms with E-state index in [-0.39, 0.29) is 26.0 Å². The number of benzene rings is 3. The number of hydrogen-bond acceptors (Lipinski definition) is 17. The molecule has 0 aliphatic carbocycles. The number of nitro benzene ring substituents is 2. The molecule has 19 nitrogen and oxygen atoms in total. The van der Waals surface area contributed by atoms with Crippen LogP contribution in [0.1, 0.15) is 2.85 Å². The van der Waals surface area contributed by atoms with Crippen molar-refractivity contribution in [2.45, 2.75) is 9.79 Å². The Labute approximate surface area is 235 Å². The monoisotopic (exact) mass is 645 g/mol. The molecule has 1 N–H and O–H groups in total. The summed E-state index contributed by atoms with van der Waals surface area (Å²) in [7, 11) is -10.8. The van der Waals surface area contributed by atoms with Gasteiger partial charge in [0.15, 0.2) is 0 Å². The minimum atomic E-state index is -5.46. The number of nitro groups is 2. The third kappa shape index (κ3) is 6.88. The first kappa shape index (κ1) is 31.6. The van der Waals surface area contributed by atoms with Crippen LogP contribution in [0.4, 0.5) is 34.1 Å². The van der Waals surface area contributed by atoms with Crippen LogP contribution in [0.15, 0.2) is 72.7 Å². The summed E-state index contributed by atoms with van der Waals surface area (Å²) < 4.78 is 68.3. The number of hydrogen-bond donors (Lipinski definition) is 1. The Hall–Kier alpha value is -4.60. The summed E-state index contributed by atoms with van der Waals surface area (Å²) in [5.41, 5.74) is -5.15. The number of phenols is 1. The van der Waals surface area contributed by atoms with Gasteiger partial charge in [-0.1, -0.05) is 5.75 Å². The van der Waals surface area contributed by atoms with Crippen molar-refractivity contribution in [2.75, 3.05) is 0 Å². The van der Waals surface area contributed by atoms with Gasteiger partial charge in [-0.2, -0.15) is 10.2 Å². The molecule has 22 heteroatoms. The fourth-order valence-electron chi connectivity index (χ4n) is 2.78. The standard InChI is InChI=1S/C18H12N6O13S2.Cu/c25-13-4-3-11(20-21-12-5-9(24(30)31)7-15(17(12)26)39(35,36)37)18(27)16(13)22-19-10-2-1-8(23(28)29)6-14(10)38(32,33)34;/h1-7,25-27H,(H,32,33,34)(H,35,36,37);/q;+2/p-2. The van der Waals surface area contributed by atoms with Crippen molar-refractivity contribution in [1.82, 2.24) is 0 Å². The second-order valence-electron chi connectivity index (χ2n) is 7.05. The first-order chi connectivity index (χ1) is 18.0. The van der Waals surface area contributed by atoms with Crippen molar-refractivity contribution >= 4 is 54.4 Å². The summed E-state index contributed by atoms with van der Waals surface area (Å²) in [6.45, 7) is 0. The maximum Gasteiger partial charge on any atom is 2.00 e. The maximum atomic E-state index is 12.7. The van der Waals surface area contributed by atoms with Gasteiger partial charge in [-0.3, -0.25) is 20.2 Å². The molecule has 0 spiro atoms. The predicted octanol–water partition coefficient (Wildman–Crippen LogP) is 2.22. The number of phenolic OH excluding ortho intramolecular Hbond substituents is 1. The molecule has 0 fully saturated rings. The van der Waals surface area contributed by atoms with E-state index >= 15 is 0 Å². The van der Waals surface area contributed by atoms with Gasteiger partial charge < -0.3 is 24.4 Å². The van der Waals surface area contributed by atoms with E-state index in [2.05, 4.69) is 20.5 Å². The Morgan fingerprint density at radius 1 is 0.675 bits per heavy atom. The van der Waals surface area contributed by atoms with E-state index in [1.165, 1.54) is 0 Å². The molecule has 3 aromatic carbocycles. The summed E-state index contributed by atoms with van der Waals surface area (Å²) >= 11 is 0. The van der Waals surface area contributed by atoms with Crippen LogP contribution in [0.2, 0.25) is 0 Å². The predicted molar refractivity (Wildman–Crippen MR) is 120 cm³/mol. The topological polar surface area (TPSA) is 316 Å². The van der Waals surface area contributed by atoms with Crippen molar-refractivity contribution in [3.63, 3.8) is 0 Å². The van der Waals surface area contributed by atoms with E-state index in [9.17, 15) is 61.5 Å². The van der Waals surface area contributed by atoms with E-state index in [1.807, 2.05) is 0 Å². The first-order valence-corrected chi connectivity index (χ1v) is 12.4. The molecule has 1 radical (unpaired) electrons. The smallest absolute Gasteiger partial charge is 0.870 e. The summed E-state index contributed by atoms with van der Waals surface area (Å²) in [5.74, 6) is -3.68. The number of nitrogens with zero attached hydrogens (tertiary/aromatic N) is 6. The van der Waals surface area contributed by atoms with Crippen molar-refractivity contribution in [3.8, 4) is 17.2 Å². The minimum absolute atomic E-state index is 0. The first-order valence-electron chi connectivity index (χ1n) is 9.57. The average Bonchev–Trinajstić information content (AvgIpc) is 2.82. The zero-order valence-electron chi connectivity index (χ0n) is 20.7. The van der Waals surface area contributed by atoms with E-state index in [1.54, 1.807) is 0 Å². The van der Waals surface area contributed by atoms with E-state index < -0.39 is 91.2 Å². The van der Waals surface area contributed by atoms with Crippen molar-refractivity contribution < 1.29 is 71.0 Å². The SMILES string of the molecule is O=[N+]([O-])c1ccc(N=Nc2c(O)ccc(N=Nc3cc([N+](=O)[O-])cc(S(=O)(=O)[O-])c3[O-])c2[O-])c(S(=O)(=O)[O-])c1.[Cu+2].[H+].[H+]. The summed E-state index contributed by atoms with van der Waals surface area (Å²) in [5, 5.41) is 70.1. The Morgan fingerprint density at radius 2 is 1.18 bits per heavy atom. The van der Waals surface area contributed by atoms with Gasteiger partial charge in [0, 0.05) is 24.3 Å². The maximum absolute atomic E-state index is 12.7. The van der Waals surface area contributed by atoms with Crippen molar-refractivity contribution in [1.29, 1.82) is 0 Å². The van der Waals surface area contributed by atoms with Gasteiger partial charge in [-0.25, -0.2) is 16.8 Å². The van der Waals surface area contributed by atoms with Gasteiger partial charge in [0.2, 0.25) is 0 Å². The number of azo groups is 2. The Kier molecular flexibility index (Phi) is 9.21. The number of aromatic hydroxyl groups is 1. The Morgan fingerprint density at radius 3 is 1.73 bits per heavy atom. The molecule has 0 amide bonds. The van der Waals surface area contributed by atoms with Gasteiger partial charge in [0.05, 0.1) is 31.0 Å².